The zero-order chi connectivity index (χ0) is 12.5. The van der Waals surface area contributed by atoms with Crippen LogP contribution in [0.4, 0.5) is 0 Å². The SMILES string of the molecule is CN1CC(NC2CCc3cccnc32)CCC1=O. The fraction of sp³-hybridized carbons (Fsp3) is 0.571. The Balaban J connectivity index is 1.66. The van der Waals surface area contributed by atoms with Crippen LogP contribution in [0.1, 0.15) is 36.6 Å². The lowest BCUT2D eigenvalue weighted by Gasteiger charge is -2.32. The molecule has 1 fully saturated rings. The molecule has 3 rings (SSSR count). The van der Waals surface area contributed by atoms with Crippen LogP contribution in [0, 0.1) is 0 Å². The number of hydrogen-bond acceptors (Lipinski definition) is 3. The van der Waals surface area contributed by atoms with E-state index in [-0.39, 0.29) is 5.91 Å². The van der Waals surface area contributed by atoms with Gasteiger partial charge in [-0.15, -0.1) is 0 Å². The lowest BCUT2D eigenvalue weighted by Crippen LogP contribution is -2.47. The van der Waals surface area contributed by atoms with Gasteiger partial charge in [0.25, 0.3) is 0 Å². The van der Waals surface area contributed by atoms with Gasteiger partial charge in [0, 0.05) is 32.3 Å². The van der Waals surface area contributed by atoms with Crippen LogP contribution in [0.2, 0.25) is 0 Å². The monoisotopic (exact) mass is 245 g/mol. The van der Waals surface area contributed by atoms with Gasteiger partial charge in [-0.2, -0.15) is 0 Å². The number of likely N-dealkylation sites (N-methyl/N-ethyl adjacent to an activating group) is 1. The first-order valence-corrected chi connectivity index (χ1v) is 6.68. The van der Waals surface area contributed by atoms with E-state index >= 15 is 0 Å². The van der Waals surface area contributed by atoms with Gasteiger partial charge in [0.1, 0.15) is 0 Å². The van der Waals surface area contributed by atoms with Crippen molar-refractivity contribution in [3.63, 3.8) is 0 Å². The number of likely N-dealkylation sites (tertiary alicyclic amines) is 1. The molecule has 1 N–H and O–H groups in total. The first-order valence-electron chi connectivity index (χ1n) is 6.68. The van der Waals surface area contributed by atoms with Gasteiger partial charge in [-0.05, 0) is 30.9 Å². The first-order chi connectivity index (χ1) is 8.74. The van der Waals surface area contributed by atoms with Crippen LogP contribution in [-0.4, -0.2) is 35.4 Å². The Bertz CT molecular complexity index is 460. The molecule has 0 spiro atoms. The van der Waals surface area contributed by atoms with Gasteiger partial charge in [0.15, 0.2) is 0 Å². The summed E-state index contributed by atoms with van der Waals surface area (Å²) in [4.78, 5) is 17.8. The standard InChI is InChI=1S/C14H19N3O/c1-17-9-11(5-7-13(17)18)16-12-6-4-10-3-2-8-15-14(10)12/h2-3,8,11-12,16H,4-7,9H2,1H3. The second-order valence-corrected chi connectivity index (χ2v) is 5.32. The smallest absolute Gasteiger partial charge is 0.222 e. The van der Waals surface area contributed by atoms with E-state index in [1.165, 1.54) is 11.3 Å². The molecule has 96 valence electrons. The molecule has 1 amide bonds. The molecule has 1 aliphatic heterocycles. The van der Waals surface area contributed by atoms with Crippen molar-refractivity contribution in [1.29, 1.82) is 0 Å². The van der Waals surface area contributed by atoms with Gasteiger partial charge in [0.05, 0.1) is 11.7 Å². The van der Waals surface area contributed by atoms with Crippen LogP contribution in [0.15, 0.2) is 18.3 Å². The summed E-state index contributed by atoms with van der Waals surface area (Å²) in [5.74, 6) is 0.262. The summed E-state index contributed by atoms with van der Waals surface area (Å²) in [6.45, 7) is 0.817. The van der Waals surface area contributed by atoms with E-state index in [1.807, 2.05) is 24.2 Å². The summed E-state index contributed by atoms with van der Waals surface area (Å²) >= 11 is 0. The molecule has 0 aromatic carbocycles. The van der Waals surface area contributed by atoms with E-state index in [9.17, 15) is 4.79 Å². The summed E-state index contributed by atoms with van der Waals surface area (Å²) in [6.07, 6.45) is 5.72. The molecule has 1 aromatic heterocycles. The van der Waals surface area contributed by atoms with Crippen molar-refractivity contribution in [2.45, 2.75) is 37.8 Å². The Kier molecular flexibility index (Phi) is 3.04. The third-order valence-electron chi connectivity index (χ3n) is 4.02. The van der Waals surface area contributed by atoms with Crippen molar-refractivity contribution in [3.05, 3.63) is 29.6 Å². The van der Waals surface area contributed by atoms with Crippen molar-refractivity contribution < 1.29 is 4.79 Å². The van der Waals surface area contributed by atoms with Gasteiger partial charge in [-0.1, -0.05) is 6.07 Å². The molecule has 18 heavy (non-hydrogen) atoms. The number of aromatic nitrogens is 1. The molecule has 0 bridgehead atoms. The second kappa shape index (κ2) is 4.69. The quantitative estimate of drug-likeness (QED) is 0.853. The molecule has 1 aromatic rings. The number of aryl methyl sites for hydroxylation is 1. The minimum absolute atomic E-state index is 0.262. The van der Waals surface area contributed by atoms with E-state index in [0.29, 0.717) is 18.5 Å². The third kappa shape index (κ3) is 2.12. The number of fused-ring (bicyclic) bond motifs is 1. The number of amides is 1. The number of pyridine rings is 1. The highest BCUT2D eigenvalue weighted by atomic mass is 16.2. The molecule has 2 unspecified atom stereocenters. The molecule has 1 saturated heterocycles. The normalized spacial score (nSPS) is 27.4. The zero-order valence-corrected chi connectivity index (χ0v) is 10.7. The zero-order valence-electron chi connectivity index (χ0n) is 10.7. The number of hydrogen-bond donors (Lipinski definition) is 1. The molecule has 0 saturated carbocycles. The van der Waals surface area contributed by atoms with E-state index in [4.69, 9.17) is 0 Å². The Hall–Kier alpha value is -1.42. The van der Waals surface area contributed by atoms with E-state index in [2.05, 4.69) is 16.4 Å². The first kappa shape index (κ1) is 11.7. The summed E-state index contributed by atoms with van der Waals surface area (Å²) in [5, 5.41) is 3.67. The largest absolute Gasteiger partial charge is 0.344 e. The summed E-state index contributed by atoms with van der Waals surface area (Å²) in [5.41, 5.74) is 2.58. The Labute approximate surface area is 107 Å². The van der Waals surface area contributed by atoms with Crippen molar-refractivity contribution >= 4 is 5.91 Å². The highest BCUT2D eigenvalue weighted by molar-refractivity contribution is 5.76. The van der Waals surface area contributed by atoms with Crippen molar-refractivity contribution in [2.24, 2.45) is 0 Å². The van der Waals surface area contributed by atoms with Crippen molar-refractivity contribution in [2.75, 3.05) is 13.6 Å². The van der Waals surface area contributed by atoms with Gasteiger partial charge >= 0.3 is 0 Å². The molecule has 1 aliphatic carbocycles. The maximum atomic E-state index is 11.5. The Morgan fingerprint density at radius 1 is 1.39 bits per heavy atom. The van der Waals surface area contributed by atoms with Crippen LogP contribution in [0.3, 0.4) is 0 Å². The summed E-state index contributed by atoms with van der Waals surface area (Å²) < 4.78 is 0. The highest BCUT2D eigenvalue weighted by Crippen LogP contribution is 2.29. The molecular formula is C14H19N3O. The van der Waals surface area contributed by atoms with E-state index in [0.717, 1.165) is 25.8 Å². The van der Waals surface area contributed by atoms with E-state index in [1.54, 1.807) is 0 Å². The molecule has 4 nitrogen and oxygen atoms in total. The number of carbonyl (C=O) groups is 1. The maximum absolute atomic E-state index is 11.5. The predicted molar refractivity (Wildman–Crippen MR) is 69.1 cm³/mol. The topological polar surface area (TPSA) is 45.2 Å². The van der Waals surface area contributed by atoms with Crippen LogP contribution < -0.4 is 5.32 Å². The fourth-order valence-corrected chi connectivity index (χ4v) is 3.01. The minimum Gasteiger partial charge on any atom is -0.344 e. The molecule has 2 atom stereocenters. The number of rotatable bonds is 2. The molecule has 0 radical (unpaired) electrons. The van der Waals surface area contributed by atoms with Crippen molar-refractivity contribution in [1.82, 2.24) is 15.2 Å². The maximum Gasteiger partial charge on any atom is 0.222 e. The van der Waals surface area contributed by atoms with Gasteiger partial charge in [0.2, 0.25) is 5.91 Å². The molecule has 2 aliphatic rings. The highest BCUT2D eigenvalue weighted by Gasteiger charge is 2.29. The lowest BCUT2D eigenvalue weighted by molar-refractivity contribution is -0.132. The number of carbonyl (C=O) groups excluding carboxylic acids is 1. The van der Waals surface area contributed by atoms with E-state index < -0.39 is 0 Å². The molecule has 4 heteroatoms. The minimum atomic E-state index is 0.262. The number of nitrogens with zero attached hydrogens (tertiary/aromatic N) is 2. The van der Waals surface area contributed by atoms with Crippen LogP contribution in [0.5, 0.6) is 0 Å². The molecular weight excluding hydrogens is 226 g/mol. The van der Waals surface area contributed by atoms with Crippen LogP contribution >= 0.6 is 0 Å². The number of piperidine rings is 1. The average Bonchev–Trinajstić information content (AvgIpc) is 2.78. The third-order valence-corrected chi connectivity index (χ3v) is 4.02. The predicted octanol–water partition coefficient (Wildman–Crippen LogP) is 1.28. The van der Waals surface area contributed by atoms with Crippen LogP contribution in [-0.2, 0) is 11.2 Å². The Morgan fingerprint density at radius 3 is 3.11 bits per heavy atom. The number of nitrogens with one attached hydrogen (secondary N) is 1. The van der Waals surface area contributed by atoms with Gasteiger partial charge < -0.3 is 10.2 Å². The van der Waals surface area contributed by atoms with Crippen LogP contribution in [0.25, 0.3) is 0 Å². The Morgan fingerprint density at radius 2 is 2.28 bits per heavy atom. The average molecular weight is 245 g/mol. The fourth-order valence-electron chi connectivity index (χ4n) is 3.01. The summed E-state index contributed by atoms with van der Waals surface area (Å²) in [7, 11) is 1.89. The molecule has 2 heterocycles. The second-order valence-electron chi connectivity index (χ2n) is 5.32. The van der Waals surface area contributed by atoms with Crippen molar-refractivity contribution in [3.8, 4) is 0 Å². The lowest BCUT2D eigenvalue weighted by atomic mass is 10.0. The summed E-state index contributed by atoms with van der Waals surface area (Å²) in [6, 6.07) is 4.95. The van der Waals surface area contributed by atoms with Gasteiger partial charge in [-0.3, -0.25) is 9.78 Å². The van der Waals surface area contributed by atoms with Gasteiger partial charge in [-0.25, -0.2) is 0 Å².